The van der Waals surface area contributed by atoms with Gasteiger partial charge in [-0.1, -0.05) is 6.08 Å². The van der Waals surface area contributed by atoms with E-state index in [9.17, 15) is 9.59 Å². The SMILES string of the molecule is C=CCn1cnc2oc(C)c(C(=O)N(CC)Cc3ccncc3)c2c1=O. The fourth-order valence-corrected chi connectivity index (χ4v) is 2.86. The van der Waals surface area contributed by atoms with Crippen molar-refractivity contribution >= 4 is 17.0 Å². The van der Waals surface area contributed by atoms with E-state index in [0.717, 1.165) is 5.56 Å². The van der Waals surface area contributed by atoms with E-state index in [0.29, 0.717) is 25.4 Å². The molecule has 0 unspecified atom stereocenters. The number of fused-ring (bicyclic) bond motifs is 1. The molecule has 7 heteroatoms. The van der Waals surface area contributed by atoms with Gasteiger partial charge in [-0.2, -0.15) is 0 Å². The molecule has 0 aliphatic carbocycles. The lowest BCUT2D eigenvalue weighted by Gasteiger charge is -2.20. The Bertz CT molecular complexity index is 1000. The minimum absolute atomic E-state index is 0.177. The largest absolute Gasteiger partial charge is 0.442 e. The summed E-state index contributed by atoms with van der Waals surface area (Å²) in [6.45, 7) is 8.43. The van der Waals surface area contributed by atoms with Crippen molar-refractivity contribution in [2.45, 2.75) is 26.9 Å². The lowest BCUT2D eigenvalue weighted by atomic mass is 10.1. The molecule has 3 rings (SSSR count). The van der Waals surface area contributed by atoms with Gasteiger partial charge in [0.05, 0.1) is 5.56 Å². The molecular weight excluding hydrogens is 332 g/mol. The first-order valence-electron chi connectivity index (χ1n) is 8.34. The van der Waals surface area contributed by atoms with E-state index in [-0.39, 0.29) is 28.1 Å². The number of rotatable bonds is 6. The summed E-state index contributed by atoms with van der Waals surface area (Å²) >= 11 is 0. The van der Waals surface area contributed by atoms with E-state index in [1.807, 2.05) is 19.1 Å². The fourth-order valence-electron chi connectivity index (χ4n) is 2.86. The number of amides is 1. The molecule has 1 amide bonds. The second-order valence-electron chi connectivity index (χ2n) is 5.88. The summed E-state index contributed by atoms with van der Waals surface area (Å²) in [6.07, 6.45) is 6.37. The molecule has 3 aromatic rings. The number of hydrogen-bond donors (Lipinski definition) is 0. The third-order valence-electron chi connectivity index (χ3n) is 4.19. The summed E-state index contributed by atoms with van der Waals surface area (Å²) in [5.41, 5.74) is 1.10. The van der Waals surface area contributed by atoms with Gasteiger partial charge >= 0.3 is 0 Å². The number of hydrogen-bond acceptors (Lipinski definition) is 5. The standard InChI is InChI=1S/C19H20N4O3/c1-4-10-23-12-21-17-16(19(23)25)15(13(3)26-17)18(24)22(5-2)11-14-6-8-20-9-7-14/h4,6-9,12H,1,5,10-11H2,2-3H3. The molecule has 0 N–H and O–H groups in total. The second-order valence-corrected chi connectivity index (χ2v) is 5.88. The maximum absolute atomic E-state index is 13.2. The average molecular weight is 352 g/mol. The van der Waals surface area contributed by atoms with Crippen molar-refractivity contribution in [2.75, 3.05) is 6.54 Å². The van der Waals surface area contributed by atoms with Gasteiger partial charge < -0.3 is 9.32 Å². The van der Waals surface area contributed by atoms with Crippen LogP contribution in [0.5, 0.6) is 0 Å². The monoisotopic (exact) mass is 352 g/mol. The molecule has 0 saturated carbocycles. The number of nitrogens with zero attached hydrogens (tertiary/aromatic N) is 4. The number of carbonyl (C=O) groups excluding carboxylic acids is 1. The number of allylic oxidation sites excluding steroid dienone is 1. The van der Waals surface area contributed by atoms with Crippen LogP contribution in [0.25, 0.3) is 11.1 Å². The fraction of sp³-hybridized carbons (Fsp3) is 0.263. The van der Waals surface area contributed by atoms with Crippen molar-refractivity contribution in [1.82, 2.24) is 19.4 Å². The summed E-state index contributed by atoms with van der Waals surface area (Å²) in [5.74, 6) is 0.134. The van der Waals surface area contributed by atoms with E-state index in [4.69, 9.17) is 4.42 Å². The van der Waals surface area contributed by atoms with E-state index in [1.54, 1.807) is 30.3 Å². The minimum atomic E-state index is -0.310. The van der Waals surface area contributed by atoms with E-state index >= 15 is 0 Å². The lowest BCUT2D eigenvalue weighted by Crippen LogP contribution is -2.32. The normalized spacial score (nSPS) is 10.8. The van der Waals surface area contributed by atoms with Crippen LogP contribution in [-0.2, 0) is 13.1 Å². The van der Waals surface area contributed by atoms with Crippen molar-refractivity contribution in [3.8, 4) is 0 Å². The van der Waals surface area contributed by atoms with E-state index < -0.39 is 0 Å². The zero-order valence-corrected chi connectivity index (χ0v) is 14.8. The van der Waals surface area contributed by atoms with Crippen molar-refractivity contribution in [3.63, 3.8) is 0 Å². The predicted molar refractivity (Wildman–Crippen MR) is 97.9 cm³/mol. The van der Waals surface area contributed by atoms with Gasteiger partial charge in [-0.25, -0.2) is 4.98 Å². The number of furan rings is 1. The molecule has 0 bridgehead atoms. The van der Waals surface area contributed by atoms with Crippen LogP contribution in [0, 0.1) is 6.92 Å². The highest BCUT2D eigenvalue weighted by Crippen LogP contribution is 2.23. The van der Waals surface area contributed by atoms with Crippen LogP contribution in [0.2, 0.25) is 0 Å². The molecule has 0 atom stereocenters. The summed E-state index contributed by atoms with van der Waals surface area (Å²) < 4.78 is 6.97. The summed E-state index contributed by atoms with van der Waals surface area (Å²) in [5, 5.41) is 0.213. The maximum atomic E-state index is 13.2. The maximum Gasteiger partial charge on any atom is 0.265 e. The number of carbonyl (C=O) groups is 1. The van der Waals surface area contributed by atoms with Gasteiger partial charge in [-0.05, 0) is 31.5 Å². The molecular formula is C19H20N4O3. The van der Waals surface area contributed by atoms with Gasteiger partial charge in [-0.15, -0.1) is 6.58 Å². The predicted octanol–water partition coefficient (Wildman–Crippen LogP) is 2.54. The molecule has 0 saturated heterocycles. The van der Waals surface area contributed by atoms with Gasteiger partial charge in [0.2, 0.25) is 5.71 Å². The molecule has 134 valence electrons. The third-order valence-corrected chi connectivity index (χ3v) is 4.19. The Balaban J connectivity index is 2.06. The Morgan fingerprint density at radius 2 is 2.12 bits per heavy atom. The highest BCUT2D eigenvalue weighted by Gasteiger charge is 2.26. The van der Waals surface area contributed by atoms with E-state index in [1.165, 1.54) is 10.9 Å². The van der Waals surface area contributed by atoms with Crippen molar-refractivity contribution in [1.29, 1.82) is 0 Å². The number of aromatic nitrogens is 3. The van der Waals surface area contributed by atoms with E-state index in [2.05, 4.69) is 16.5 Å². The molecule has 3 aromatic heterocycles. The molecule has 0 aliphatic rings. The Morgan fingerprint density at radius 3 is 2.77 bits per heavy atom. The quantitative estimate of drug-likeness (QED) is 0.637. The van der Waals surface area contributed by atoms with Crippen LogP contribution < -0.4 is 5.56 Å². The molecule has 0 aliphatic heterocycles. The Kier molecular flexibility index (Phi) is 4.97. The molecule has 7 nitrogen and oxygen atoms in total. The first-order valence-corrected chi connectivity index (χ1v) is 8.34. The lowest BCUT2D eigenvalue weighted by molar-refractivity contribution is 0.0752. The number of aryl methyl sites for hydroxylation is 1. The first-order chi connectivity index (χ1) is 12.6. The smallest absolute Gasteiger partial charge is 0.265 e. The van der Waals surface area contributed by atoms with Crippen LogP contribution in [0.4, 0.5) is 0 Å². The van der Waals surface area contributed by atoms with Crippen LogP contribution in [0.15, 0.2) is 52.7 Å². The highest BCUT2D eigenvalue weighted by molar-refractivity contribution is 6.06. The minimum Gasteiger partial charge on any atom is -0.442 e. The Morgan fingerprint density at radius 1 is 1.38 bits per heavy atom. The Hall–Kier alpha value is -3.22. The average Bonchev–Trinajstić information content (AvgIpc) is 2.99. The van der Waals surface area contributed by atoms with Crippen molar-refractivity contribution in [2.24, 2.45) is 0 Å². The molecule has 0 radical (unpaired) electrons. The molecule has 0 spiro atoms. The van der Waals surface area contributed by atoms with Gasteiger partial charge in [-0.3, -0.25) is 19.1 Å². The molecule has 26 heavy (non-hydrogen) atoms. The van der Waals surface area contributed by atoms with Gasteiger partial charge in [0.1, 0.15) is 17.5 Å². The van der Waals surface area contributed by atoms with Crippen LogP contribution in [0.1, 0.15) is 28.6 Å². The van der Waals surface area contributed by atoms with Gasteiger partial charge in [0.15, 0.2) is 0 Å². The topological polar surface area (TPSA) is 81.2 Å². The van der Waals surface area contributed by atoms with Crippen molar-refractivity contribution in [3.05, 3.63) is 70.7 Å². The molecule has 0 fully saturated rings. The van der Waals surface area contributed by atoms with Gasteiger partial charge in [0.25, 0.3) is 11.5 Å². The highest BCUT2D eigenvalue weighted by atomic mass is 16.3. The van der Waals surface area contributed by atoms with Gasteiger partial charge in [0, 0.05) is 32.0 Å². The second kappa shape index (κ2) is 7.35. The van der Waals surface area contributed by atoms with Crippen LogP contribution in [0.3, 0.4) is 0 Å². The summed E-state index contributed by atoms with van der Waals surface area (Å²) in [4.78, 5) is 35.7. The summed E-state index contributed by atoms with van der Waals surface area (Å²) in [7, 11) is 0. The van der Waals surface area contributed by atoms with Crippen molar-refractivity contribution < 1.29 is 9.21 Å². The first kappa shape index (κ1) is 17.6. The third kappa shape index (κ3) is 3.15. The van der Waals surface area contributed by atoms with Crippen LogP contribution in [-0.4, -0.2) is 31.9 Å². The Labute approximate surface area is 150 Å². The van der Waals surface area contributed by atoms with Crippen LogP contribution >= 0.6 is 0 Å². The zero-order chi connectivity index (χ0) is 18.7. The molecule has 3 heterocycles. The number of pyridine rings is 1. The summed E-state index contributed by atoms with van der Waals surface area (Å²) in [6, 6.07) is 3.71. The molecule has 0 aromatic carbocycles. The zero-order valence-electron chi connectivity index (χ0n) is 14.8.